The third-order valence-electron chi connectivity index (χ3n) is 4.25. The van der Waals surface area contributed by atoms with Crippen molar-refractivity contribution in [1.29, 1.82) is 0 Å². The van der Waals surface area contributed by atoms with Crippen LogP contribution in [0.4, 0.5) is 8.78 Å². The van der Waals surface area contributed by atoms with Crippen LogP contribution in [-0.4, -0.2) is 32.2 Å². The Morgan fingerprint density at radius 2 is 2.04 bits per heavy atom. The fourth-order valence-electron chi connectivity index (χ4n) is 2.92. The molecule has 1 aliphatic rings. The van der Waals surface area contributed by atoms with Gasteiger partial charge in [-0.2, -0.15) is 8.78 Å². The molecule has 1 heterocycles. The Kier molecular flexibility index (Phi) is 10.3. The van der Waals surface area contributed by atoms with Crippen molar-refractivity contribution in [2.45, 2.75) is 45.8 Å². The Bertz CT molecular complexity index is 555. The van der Waals surface area contributed by atoms with Crippen molar-refractivity contribution < 1.29 is 23.0 Å². The maximum atomic E-state index is 12.4. The number of amides is 1. The third-order valence-corrected chi connectivity index (χ3v) is 4.25. The second-order valence-corrected chi connectivity index (χ2v) is 6.10. The van der Waals surface area contributed by atoms with E-state index in [1.165, 1.54) is 6.07 Å². The van der Waals surface area contributed by atoms with E-state index in [9.17, 15) is 13.6 Å². The van der Waals surface area contributed by atoms with Gasteiger partial charge < -0.3 is 20.1 Å². The van der Waals surface area contributed by atoms with Crippen LogP contribution < -0.4 is 20.1 Å². The lowest BCUT2D eigenvalue weighted by Gasteiger charge is -2.22. The molecule has 26 heavy (non-hydrogen) atoms. The largest absolute Gasteiger partial charge is 0.490 e. The van der Waals surface area contributed by atoms with Gasteiger partial charge in [0.15, 0.2) is 11.5 Å². The van der Waals surface area contributed by atoms with Gasteiger partial charge in [-0.1, -0.05) is 6.07 Å². The summed E-state index contributed by atoms with van der Waals surface area (Å²) in [5.41, 5.74) is 0.778. The average Bonchev–Trinajstić information content (AvgIpc) is 2.61. The van der Waals surface area contributed by atoms with Crippen LogP contribution in [0.2, 0.25) is 0 Å². The summed E-state index contributed by atoms with van der Waals surface area (Å²) in [6.07, 6.45) is 3.65. The van der Waals surface area contributed by atoms with E-state index in [0.29, 0.717) is 25.5 Å². The van der Waals surface area contributed by atoms with Crippen molar-refractivity contribution in [3.05, 3.63) is 23.8 Å². The molecular formula is C18H27ClF2N2O3. The lowest BCUT2D eigenvalue weighted by atomic mass is 9.93. The molecule has 0 aromatic heterocycles. The van der Waals surface area contributed by atoms with Gasteiger partial charge in [-0.05, 0) is 62.9 Å². The fraction of sp³-hybridized carbons (Fsp3) is 0.611. The van der Waals surface area contributed by atoms with Crippen LogP contribution in [-0.2, 0) is 11.3 Å². The van der Waals surface area contributed by atoms with Gasteiger partial charge in [-0.15, -0.1) is 12.4 Å². The van der Waals surface area contributed by atoms with E-state index in [0.717, 1.165) is 37.9 Å². The molecule has 0 saturated carbocycles. The number of rotatable bonds is 9. The molecule has 1 fully saturated rings. The minimum atomic E-state index is -2.90. The van der Waals surface area contributed by atoms with Crippen molar-refractivity contribution in [1.82, 2.24) is 10.6 Å². The van der Waals surface area contributed by atoms with E-state index in [1.54, 1.807) is 19.1 Å². The number of alkyl halides is 2. The summed E-state index contributed by atoms with van der Waals surface area (Å²) in [5.74, 6) is 0.869. The minimum absolute atomic E-state index is 0. The van der Waals surface area contributed by atoms with Crippen molar-refractivity contribution in [2.24, 2.45) is 5.92 Å². The van der Waals surface area contributed by atoms with Crippen molar-refractivity contribution in [2.75, 3.05) is 19.7 Å². The monoisotopic (exact) mass is 392 g/mol. The SMILES string of the molecule is CCOc1cc(CNC(=O)CCC2CCNCC2)ccc1OC(F)F.Cl. The molecule has 1 aromatic rings. The zero-order valence-corrected chi connectivity index (χ0v) is 15.7. The predicted octanol–water partition coefficient (Wildman–Crippen LogP) is 3.50. The standard InChI is InChI=1S/C18H26F2N2O3.ClH/c1-2-24-16-11-14(3-5-15(16)25-18(19)20)12-22-17(23)6-4-13-7-9-21-10-8-13;/h3,5,11,13,18,21H,2,4,6-10,12H2,1H3,(H,22,23);1H. The number of hydrogen-bond donors (Lipinski definition) is 2. The number of ether oxygens (including phenoxy) is 2. The first-order valence-electron chi connectivity index (χ1n) is 8.76. The Morgan fingerprint density at radius 1 is 1.31 bits per heavy atom. The number of halogens is 3. The van der Waals surface area contributed by atoms with Crippen molar-refractivity contribution in [3.8, 4) is 11.5 Å². The first-order chi connectivity index (χ1) is 12.1. The number of carbonyl (C=O) groups is 1. The van der Waals surface area contributed by atoms with Gasteiger partial charge in [0.2, 0.25) is 5.91 Å². The molecule has 0 atom stereocenters. The Balaban J connectivity index is 0.00000338. The van der Waals surface area contributed by atoms with Crippen molar-refractivity contribution >= 4 is 18.3 Å². The van der Waals surface area contributed by atoms with Gasteiger partial charge in [0.25, 0.3) is 0 Å². The summed E-state index contributed by atoms with van der Waals surface area (Å²) in [4.78, 5) is 12.0. The maximum Gasteiger partial charge on any atom is 0.387 e. The summed E-state index contributed by atoms with van der Waals surface area (Å²) < 4.78 is 34.6. The molecule has 8 heteroatoms. The third kappa shape index (κ3) is 7.74. The Hall–Kier alpha value is -1.60. The number of nitrogens with one attached hydrogen (secondary N) is 2. The topological polar surface area (TPSA) is 59.6 Å². The molecule has 0 spiro atoms. The Labute approximate surface area is 159 Å². The summed E-state index contributed by atoms with van der Waals surface area (Å²) in [6.45, 7) is 1.59. The second kappa shape index (κ2) is 11.9. The summed E-state index contributed by atoms with van der Waals surface area (Å²) in [5, 5.41) is 6.18. The molecule has 1 aromatic carbocycles. The number of piperidine rings is 1. The highest BCUT2D eigenvalue weighted by atomic mass is 35.5. The fourth-order valence-corrected chi connectivity index (χ4v) is 2.92. The zero-order valence-electron chi connectivity index (χ0n) is 14.9. The smallest absolute Gasteiger partial charge is 0.387 e. The maximum absolute atomic E-state index is 12.4. The molecule has 0 aliphatic carbocycles. The molecule has 1 aliphatic heterocycles. The highest BCUT2D eigenvalue weighted by Gasteiger charge is 2.15. The minimum Gasteiger partial charge on any atom is -0.490 e. The number of benzene rings is 1. The molecule has 0 unspecified atom stereocenters. The lowest BCUT2D eigenvalue weighted by molar-refractivity contribution is -0.121. The van der Waals surface area contributed by atoms with Crippen LogP contribution in [0.3, 0.4) is 0 Å². The molecular weight excluding hydrogens is 366 g/mol. The van der Waals surface area contributed by atoms with E-state index in [-0.39, 0.29) is 29.8 Å². The van der Waals surface area contributed by atoms with E-state index in [1.807, 2.05) is 0 Å². The zero-order chi connectivity index (χ0) is 18.1. The van der Waals surface area contributed by atoms with Gasteiger partial charge in [0.05, 0.1) is 6.61 Å². The van der Waals surface area contributed by atoms with Crippen LogP contribution >= 0.6 is 12.4 Å². The molecule has 0 radical (unpaired) electrons. The summed E-state index contributed by atoms with van der Waals surface area (Å²) >= 11 is 0. The van der Waals surface area contributed by atoms with Crippen molar-refractivity contribution in [3.63, 3.8) is 0 Å². The molecule has 1 amide bonds. The van der Waals surface area contributed by atoms with Gasteiger partial charge in [0.1, 0.15) is 0 Å². The molecule has 2 N–H and O–H groups in total. The quantitative estimate of drug-likeness (QED) is 0.675. The first-order valence-corrected chi connectivity index (χ1v) is 8.76. The summed E-state index contributed by atoms with van der Waals surface area (Å²) in [6, 6.07) is 4.70. The van der Waals surface area contributed by atoms with E-state index in [4.69, 9.17) is 4.74 Å². The number of hydrogen-bond acceptors (Lipinski definition) is 4. The molecule has 2 rings (SSSR count). The molecule has 148 valence electrons. The van der Waals surface area contributed by atoms with Crippen LogP contribution in [0, 0.1) is 5.92 Å². The van der Waals surface area contributed by atoms with E-state index >= 15 is 0 Å². The first kappa shape index (κ1) is 22.4. The average molecular weight is 393 g/mol. The highest BCUT2D eigenvalue weighted by Crippen LogP contribution is 2.29. The van der Waals surface area contributed by atoms with Crippen LogP contribution in [0.1, 0.15) is 38.2 Å². The van der Waals surface area contributed by atoms with Gasteiger partial charge >= 0.3 is 6.61 Å². The van der Waals surface area contributed by atoms with Crippen LogP contribution in [0.25, 0.3) is 0 Å². The van der Waals surface area contributed by atoms with Gasteiger partial charge in [0, 0.05) is 13.0 Å². The normalized spacial score (nSPS) is 14.6. The van der Waals surface area contributed by atoms with Crippen LogP contribution in [0.15, 0.2) is 18.2 Å². The van der Waals surface area contributed by atoms with Gasteiger partial charge in [-0.25, -0.2) is 0 Å². The highest BCUT2D eigenvalue weighted by molar-refractivity contribution is 5.85. The van der Waals surface area contributed by atoms with E-state index in [2.05, 4.69) is 15.4 Å². The lowest BCUT2D eigenvalue weighted by Crippen LogP contribution is -2.29. The second-order valence-electron chi connectivity index (χ2n) is 6.10. The molecule has 5 nitrogen and oxygen atoms in total. The van der Waals surface area contributed by atoms with Gasteiger partial charge in [-0.3, -0.25) is 4.79 Å². The molecule has 0 bridgehead atoms. The predicted molar refractivity (Wildman–Crippen MR) is 98.2 cm³/mol. The Morgan fingerprint density at radius 3 is 2.69 bits per heavy atom. The number of carbonyl (C=O) groups excluding carboxylic acids is 1. The van der Waals surface area contributed by atoms with Crippen LogP contribution in [0.5, 0.6) is 11.5 Å². The summed E-state index contributed by atoms with van der Waals surface area (Å²) in [7, 11) is 0. The molecule has 1 saturated heterocycles. The van der Waals surface area contributed by atoms with E-state index < -0.39 is 6.61 Å².